The lowest BCUT2D eigenvalue weighted by molar-refractivity contribution is -0.118. The van der Waals surface area contributed by atoms with Crippen LogP contribution in [0.2, 0.25) is 0 Å². The van der Waals surface area contributed by atoms with Gasteiger partial charge >= 0.3 is 12.2 Å². The average molecular weight is 219 g/mol. The van der Waals surface area contributed by atoms with Gasteiger partial charge in [-0.3, -0.25) is 4.79 Å². The lowest BCUT2D eigenvalue weighted by Crippen LogP contribution is -2.43. The first-order valence-electron chi connectivity index (χ1n) is 3.97. The standard InChI is InChI=1S/C7H13N3O5/c1-14-6(12)8-3-10(5-11)4-9-7(13)15-2/h5H,3-4H2,1-2H3,(H,8,12)(H,9,13). The molecule has 0 saturated carbocycles. The van der Waals surface area contributed by atoms with Crippen molar-refractivity contribution in [3.05, 3.63) is 0 Å². The van der Waals surface area contributed by atoms with E-state index >= 15 is 0 Å². The van der Waals surface area contributed by atoms with Crippen LogP contribution >= 0.6 is 0 Å². The van der Waals surface area contributed by atoms with Crippen LogP contribution in [0.3, 0.4) is 0 Å². The third-order valence-electron chi connectivity index (χ3n) is 1.37. The number of carbonyl (C=O) groups is 3. The maximum absolute atomic E-state index is 10.6. The van der Waals surface area contributed by atoms with Crippen molar-refractivity contribution in [2.45, 2.75) is 0 Å². The summed E-state index contributed by atoms with van der Waals surface area (Å²) in [5.74, 6) is 0. The van der Waals surface area contributed by atoms with E-state index in [1.165, 1.54) is 14.2 Å². The van der Waals surface area contributed by atoms with Gasteiger partial charge in [0.15, 0.2) is 0 Å². The summed E-state index contributed by atoms with van der Waals surface area (Å²) in [6.45, 7) is -0.139. The minimum absolute atomic E-state index is 0.0693. The van der Waals surface area contributed by atoms with Gasteiger partial charge in [-0.15, -0.1) is 0 Å². The zero-order valence-electron chi connectivity index (χ0n) is 8.48. The molecule has 0 aromatic carbocycles. The summed E-state index contributed by atoms with van der Waals surface area (Å²) in [5.41, 5.74) is 0. The number of methoxy groups -OCH3 is 2. The molecule has 0 aromatic rings. The smallest absolute Gasteiger partial charge is 0.408 e. The molecule has 0 rings (SSSR count). The maximum Gasteiger partial charge on any atom is 0.408 e. The van der Waals surface area contributed by atoms with Crippen molar-refractivity contribution in [2.75, 3.05) is 27.6 Å². The summed E-state index contributed by atoms with van der Waals surface area (Å²) in [4.78, 5) is 32.8. The van der Waals surface area contributed by atoms with Crippen molar-refractivity contribution in [3.8, 4) is 0 Å². The largest absolute Gasteiger partial charge is 0.453 e. The minimum Gasteiger partial charge on any atom is -0.453 e. The molecule has 8 nitrogen and oxygen atoms in total. The number of rotatable bonds is 5. The Morgan fingerprint density at radius 1 is 1.13 bits per heavy atom. The van der Waals surface area contributed by atoms with E-state index in [1.807, 2.05) is 0 Å². The fraction of sp³-hybridized carbons (Fsp3) is 0.571. The van der Waals surface area contributed by atoms with Gasteiger partial charge in [0.1, 0.15) is 0 Å². The lowest BCUT2D eigenvalue weighted by atomic mass is 10.7. The Labute approximate surface area is 86.5 Å². The molecule has 0 spiro atoms. The van der Waals surface area contributed by atoms with E-state index in [0.717, 1.165) is 4.90 Å². The molecule has 86 valence electrons. The molecule has 0 heterocycles. The highest BCUT2D eigenvalue weighted by molar-refractivity contribution is 5.68. The van der Waals surface area contributed by atoms with Crippen molar-refractivity contribution in [2.24, 2.45) is 0 Å². The van der Waals surface area contributed by atoms with Crippen LogP contribution in [0.25, 0.3) is 0 Å². The molecule has 0 radical (unpaired) electrons. The molecule has 0 bridgehead atoms. The molecule has 8 heteroatoms. The van der Waals surface area contributed by atoms with E-state index in [2.05, 4.69) is 20.1 Å². The number of ether oxygens (including phenoxy) is 2. The van der Waals surface area contributed by atoms with Crippen LogP contribution < -0.4 is 10.6 Å². The van der Waals surface area contributed by atoms with Gasteiger partial charge in [0.25, 0.3) is 0 Å². The molecular formula is C7H13N3O5. The normalized spacial score (nSPS) is 8.67. The van der Waals surface area contributed by atoms with Gasteiger partial charge in [0.2, 0.25) is 6.41 Å². The SMILES string of the molecule is COC(=O)NCN(C=O)CNC(=O)OC. The summed E-state index contributed by atoms with van der Waals surface area (Å²) < 4.78 is 8.57. The van der Waals surface area contributed by atoms with Gasteiger partial charge in [-0.25, -0.2) is 9.59 Å². The third-order valence-corrected chi connectivity index (χ3v) is 1.37. The average Bonchev–Trinajstić information content (AvgIpc) is 2.28. The highest BCUT2D eigenvalue weighted by Crippen LogP contribution is 1.79. The van der Waals surface area contributed by atoms with Crippen molar-refractivity contribution < 1.29 is 23.9 Å². The van der Waals surface area contributed by atoms with E-state index in [4.69, 9.17) is 0 Å². The minimum atomic E-state index is -0.667. The second-order valence-corrected chi connectivity index (χ2v) is 2.35. The van der Waals surface area contributed by atoms with Gasteiger partial charge in [-0.2, -0.15) is 0 Å². The Morgan fingerprint density at radius 3 is 1.80 bits per heavy atom. The first-order chi connectivity index (χ1) is 7.13. The summed E-state index contributed by atoms with van der Waals surface area (Å²) >= 11 is 0. The van der Waals surface area contributed by atoms with E-state index in [1.54, 1.807) is 0 Å². The van der Waals surface area contributed by atoms with Crippen LogP contribution in [0.15, 0.2) is 0 Å². The lowest BCUT2D eigenvalue weighted by Gasteiger charge is -2.17. The molecule has 0 aliphatic rings. The van der Waals surface area contributed by atoms with Crippen LogP contribution in [-0.4, -0.2) is 51.1 Å². The topological polar surface area (TPSA) is 97.0 Å². The Hall–Kier alpha value is -1.99. The van der Waals surface area contributed by atoms with Crippen molar-refractivity contribution >= 4 is 18.6 Å². The van der Waals surface area contributed by atoms with Gasteiger partial charge in [-0.1, -0.05) is 0 Å². The Morgan fingerprint density at radius 2 is 1.53 bits per heavy atom. The summed E-state index contributed by atoms with van der Waals surface area (Å²) in [6.07, 6.45) is -0.869. The Kier molecular flexibility index (Phi) is 6.43. The zero-order valence-corrected chi connectivity index (χ0v) is 8.48. The first-order valence-corrected chi connectivity index (χ1v) is 3.97. The van der Waals surface area contributed by atoms with E-state index in [-0.39, 0.29) is 13.3 Å². The molecule has 15 heavy (non-hydrogen) atoms. The van der Waals surface area contributed by atoms with Gasteiger partial charge in [0.05, 0.1) is 27.6 Å². The molecule has 2 N–H and O–H groups in total. The van der Waals surface area contributed by atoms with Gasteiger partial charge in [-0.05, 0) is 0 Å². The van der Waals surface area contributed by atoms with E-state index < -0.39 is 12.2 Å². The number of amides is 3. The molecule has 0 saturated heterocycles. The second-order valence-electron chi connectivity index (χ2n) is 2.35. The number of carbonyl (C=O) groups excluding carboxylic acids is 3. The van der Waals surface area contributed by atoms with Crippen LogP contribution in [0.4, 0.5) is 9.59 Å². The molecule has 0 unspecified atom stereocenters. The quantitative estimate of drug-likeness (QED) is 0.460. The van der Waals surface area contributed by atoms with Crippen molar-refractivity contribution in [1.29, 1.82) is 0 Å². The Bertz CT molecular complexity index is 213. The predicted octanol–water partition coefficient (Wildman–Crippen LogP) is -0.928. The van der Waals surface area contributed by atoms with Gasteiger partial charge in [0, 0.05) is 0 Å². The number of hydrogen-bond acceptors (Lipinski definition) is 5. The molecule has 0 atom stereocenters. The highest BCUT2D eigenvalue weighted by atomic mass is 16.5. The molecule has 0 fully saturated rings. The first kappa shape index (κ1) is 13.0. The number of hydrogen-bond donors (Lipinski definition) is 2. The second kappa shape index (κ2) is 7.42. The number of nitrogens with one attached hydrogen (secondary N) is 2. The molecular weight excluding hydrogens is 206 g/mol. The molecule has 3 amide bonds. The summed E-state index contributed by atoms with van der Waals surface area (Å²) in [6, 6.07) is 0. The predicted molar refractivity (Wildman–Crippen MR) is 48.7 cm³/mol. The highest BCUT2D eigenvalue weighted by Gasteiger charge is 2.05. The van der Waals surface area contributed by atoms with Crippen LogP contribution in [0, 0.1) is 0 Å². The summed E-state index contributed by atoms with van der Waals surface area (Å²) in [5, 5.41) is 4.53. The van der Waals surface area contributed by atoms with Gasteiger partial charge < -0.3 is 25.0 Å². The Balaban J connectivity index is 3.78. The summed E-state index contributed by atoms with van der Waals surface area (Å²) in [7, 11) is 2.40. The molecule has 0 aromatic heterocycles. The fourth-order valence-corrected chi connectivity index (χ4v) is 0.607. The molecule has 0 aliphatic carbocycles. The fourth-order valence-electron chi connectivity index (χ4n) is 0.607. The number of nitrogens with zero attached hydrogens (tertiary/aromatic N) is 1. The van der Waals surface area contributed by atoms with Crippen LogP contribution in [0.1, 0.15) is 0 Å². The van der Waals surface area contributed by atoms with Crippen molar-refractivity contribution in [3.63, 3.8) is 0 Å². The van der Waals surface area contributed by atoms with Crippen molar-refractivity contribution in [1.82, 2.24) is 15.5 Å². The van der Waals surface area contributed by atoms with Crippen LogP contribution in [-0.2, 0) is 14.3 Å². The third kappa shape index (κ3) is 6.13. The van der Waals surface area contributed by atoms with Crippen LogP contribution in [0.5, 0.6) is 0 Å². The number of alkyl carbamates (subject to hydrolysis) is 2. The zero-order chi connectivity index (χ0) is 11.7. The monoisotopic (exact) mass is 219 g/mol. The van der Waals surface area contributed by atoms with E-state index in [9.17, 15) is 14.4 Å². The maximum atomic E-state index is 10.6. The molecule has 0 aliphatic heterocycles. The van der Waals surface area contributed by atoms with E-state index in [0.29, 0.717) is 6.41 Å².